The van der Waals surface area contributed by atoms with E-state index >= 15 is 0 Å². The van der Waals surface area contributed by atoms with Gasteiger partial charge in [0, 0.05) is 28.9 Å². The van der Waals surface area contributed by atoms with Crippen LogP contribution in [0.15, 0.2) is 49.6 Å². The highest BCUT2D eigenvalue weighted by molar-refractivity contribution is 6.74. The van der Waals surface area contributed by atoms with Crippen LogP contribution in [0.3, 0.4) is 0 Å². The van der Waals surface area contributed by atoms with Gasteiger partial charge in [-0.15, -0.1) is 0 Å². The summed E-state index contributed by atoms with van der Waals surface area (Å²) in [5.41, 5.74) is 2.93. The van der Waals surface area contributed by atoms with E-state index in [1.807, 2.05) is 30.3 Å². The number of nitrogens with zero attached hydrogens (tertiary/aromatic N) is 1. The predicted octanol–water partition coefficient (Wildman–Crippen LogP) is 6.32. The summed E-state index contributed by atoms with van der Waals surface area (Å²) in [4.78, 5) is 15.1. The van der Waals surface area contributed by atoms with Crippen molar-refractivity contribution in [2.45, 2.75) is 45.3 Å². The van der Waals surface area contributed by atoms with Crippen LogP contribution in [0.25, 0.3) is 5.70 Å². The first-order valence-corrected chi connectivity index (χ1v) is 14.7. The highest BCUT2D eigenvalue weighted by Crippen LogP contribution is 2.46. The third-order valence-corrected chi connectivity index (χ3v) is 11.2. The number of methoxy groups -OCH3 is 2. The molecule has 35 heavy (non-hydrogen) atoms. The van der Waals surface area contributed by atoms with Gasteiger partial charge in [0.1, 0.15) is 12.4 Å². The summed E-state index contributed by atoms with van der Waals surface area (Å²) >= 11 is 0. The minimum Gasteiger partial charge on any atom is -0.544 e. The number of carbonyl (C=O) groups excluding carboxylic acids is 1. The second-order valence-electron chi connectivity index (χ2n) is 10.1. The predicted molar refractivity (Wildman–Crippen MR) is 143 cm³/mol. The minimum absolute atomic E-state index is 0.0956. The number of amides is 1. The molecular formula is C28H37NO5Si. The summed E-state index contributed by atoms with van der Waals surface area (Å²) in [5.74, 6) is 2.33. The van der Waals surface area contributed by atoms with E-state index in [-0.39, 0.29) is 10.9 Å². The molecule has 2 aromatic rings. The van der Waals surface area contributed by atoms with E-state index in [1.165, 1.54) is 0 Å². The topological polar surface area (TPSA) is 57.2 Å². The Kier molecular flexibility index (Phi) is 7.70. The van der Waals surface area contributed by atoms with Crippen molar-refractivity contribution in [3.63, 3.8) is 0 Å². The average molecular weight is 496 g/mol. The lowest BCUT2D eigenvalue weighted by Crippen LogP contribution is -2.43. The highest BCUT2D eigenvalue weighted by Gasteiger charge is 2.39. The summed E-state index contributed by atoms with van der Waals surface area (Å²) in [7, 11) is 1.23. The van der Waals surface area contributed by atoms with Crippen LogP contribution in [-0.4, -0.2) is 46.5 Å². The molecule has 6 nitrogen and oxygen atoms in total. The van der Waals surface area contributed by atoms with E-state index in [2.05, 4.69) is 47.0 Å². The van der Waals surface area contributed by atoms with Crippen molar-refractivity contribution in [3.8, 4) is 23.0 Å². The van der Waals surface area contributed by atoms with Gasteiger partial charge in [0.05, 0.1) is 14.2 Å². The van der Waals surface area contributed by atoms with Crippen molar-refractivity contribution in [2.75, 3.05) is 27.4 Å². The Morgan fingerprint density at radius 2 is 1.74 bits per heavy atom. The van der Waals surface area contributed by atoms with E-state index < -0.39 is 8.32 Å². The van der Waals surface area contributed by atoms with E-state index in [4.69, 9.17) is 18.6 Å². The molecule has 0 bridgehead atoms. The molecule has 0 N–H and O–H groups in total. The van der Waals surface area contributed by atoms with Crippen molar-refractivity contribution < 1.29 is 23.4 Å². The standard InChI is InChI=1S/C28H37NO5Si/c1-10-17-33-24-18-23-19(2)29(16-15-22(23)25(31-6)26(24)32-7)27(30)20-11-13-21(14-12-20)34-35(8,9)28(3,4)5/h10-14,18H,1-2,15-17H2,3-9H3. The molecule has 0 saturated carbocycles. The van der Waals surface area contributed by atoms with Crippen molar-refractivity contribution >= 4 is 19.9 Å². The molecule has 0 radical (unpaired) electrons. The van der Waals surface area contributed by atoms with Gasteiger partial charge >= 0.3 is 0 Å². The molecule has 1 amide bonds. The van der Waals surface area contributed by atoms with E-state index in [9.17, 15) is 4.79 Å². The zero-order valence-electron chi connectivity index (χ0n) is 22.0. The molecule has 3 rings (SSSR count). The number of benzene rings is 2. The smallest absolute Gasteiger partial charge is 0.258 e. The summed E-state index contributed by atoms with van der Waals surface area (Å²) in [6.45, 7) is 19.8. The lowest BCUT2D eigenvalue weighted by atomic mass is 9.94. The summed E-state index contributed by atoms with van der Waals surface area (Å²) < 4.78 is 23.4. The first-order valence-electron chi connectivity index (χ1n) is 11.8. The maximum absolute atomic E-state index is 13.4. The zero-order valence-corrected chi connectivity index (χ0v) is 23.0. The van der Waals surface area contributed by atoms with Crippen LogP contribution in [0.4, 0.5) is 0 Å². The van der Waals surface area contributed by atoms with Crippen LogP contribution in [0.1, 0.15) is 42.3 Å². The number of hydrogen-bond donors (Lipinski definition) is 0. The molecule has 0 saturated heterocycles. The van der Waals surface area contributed by atoms with Gasteiger partial charge in [0.15, 0.2) is 11.5 Å². The van der Waals surface area contributed by atoms with Crippen LogP contribution in [0.2, 0.25) is 18.1 Å². The Balaban J connectivity index is 1.88. The van der Waals surface area contributed by atoms with Crippen molar-refractivity contribution in [1.82, 2.24) is 4.90 Å². The summed E-state index contributed by atoms with van der Waals surface area (Å²) in [6.07, 6.45) is 2.27. The fraction of sp³-hybridized carbons (Fsp3) is 0.393. The first kappa shape index (κ1) is 26.4. The Morgan fingerprint density at radius 1 is 1.11 bits per heavy atom. The molecule has 0 aromatic heterocycles. The fourth-order valence-electron chi connectivity index (χ4n) is 3.82. The number of carbonyl (C=O) groups is 1. The Hall–Kier alpha value is -3.19. The quantitative estimate of drug-likeness (QED) is 0.317. The Morgan fingerprint density at radius 3 is 2.29 bits per heavy atom. The Labute approximate surface area is 210 Å². The van der Waals surface area contributed by atoms with Crippen LogP contribution in [0, 0.1) is 0 Å². The lowest BCUT2D eigenvalue weighted by Gasteiger charge is -2.36. The largest absolute Gasteiger partial charge is 0.544 e. The number of rotatable bonds is 8. The van der Waals surface area contributed by atoms with Gasteiger partial charge in [-0.1, -0.05) is 40.0 Å². The fourth-order valence-corrected chi connectivity index (χ4v) is 4.85. The molecule has 0 unspecified atom stereocenters. The molecule has 1 aliphatic rings. The molecule has 2 aromatic carbocycles. The van der Waals surface area contributed by atoms with Gasteiger partial charge in [0.2, 0.25) is 14.1 Å². The van der Waals surface area contributed by atoms with Gasteiger partial charge in [-0.2, -0.15) is 0 Å². The molecule has 188 valence electrons. The van der Waals surface area contributed by atoms with Crippen molar-refractivity contribution in [3.05, 3.63) is 66.3 Å². The first-order chi connectivity index (χ1) is 16.4. The summed E-state index contributed by atoms with van der Waals surface area (Å²) in [5, 5.41) is 0.0956. The van der Waals surface area contributed by atoms with Crippen LogP contribution >= 0.6 is 0 Å². The van der Waals surface area contributed by atoms with E-state index in [0.717, 1.165) is 16.9 Å². The second-order valence-corrected chi connectivity index (χ2v) is 14.8. The van der Waals surface area contributed by atoms with Gasteiger partial charge in [-0.05, 0) is 54.9 Å². The maximum atomic E-state index is 13.4. The van der Waals surface area contributed by atoms with Gasteiger partial charge in [-0.25, -0.2) is 0 Å². The SMILES string of the molecule is C=CCOc1cc2c(c(OC)c1OC)CCN(C(=O)c1ccc(O[Si](C)(C)C(C)(C)C)cc1)C2=C. The molecule has 0 atom stereocenters. The van der Waals surface area contributed by atoms with Gasteiger partial charge in [0.25, 0.3) is 5.91 Å². The second kappa shape index (κ2) is 10.2. The molecule has 1 aliphatic heterocycles. The normalized spacial score (nSPS) is 13.7. The summed E-state index contributed by atoms with van der Waals surface area (Å²) in [6, 6.07) is 9.26. The number of ether oxygens (including phenoxy) is 3. The zero-order chi connectivity index (χ0) is 26.0. The van der Waals surface area contributed by atoms with Gasteiger partial charge < -0.3 is 23.5 Å². The lowest BCUT2D eigenvalue weighted by molar-refractivity contribution is 0.0833. The molecule has 0 spiro atoms. The maximum Gasteiger partial charge on any atom is 0.258 e. The Bertz CT molecular complexity index is 1120. The number of hydrogen-bond acceptors (Lipinski definition) is 5. The molecule has 7 heteroatoms. The third-order valence-electron chi connectivity index (χ3n) is 6.82. The highest BCUT2D eigenvalue weighted by atomic mass is 28.4. The molecule has 1 heterocycles. The van der Waals surface area contributed by atoms with Gasteiger partial charge in [-0.3, -0.25) is 4.79 Å². The average Bonchev–Trinajstić information content (AvgIpc) is 2.81. The molecule has 0 fully saturated rings. The van der Waals surface area contributed by atoms with Crippen LogP contribution in [0.5, 0.6) is 23.0 Å². The van der Waals surface area contributed by atoms with Crippen LogP contribution in [-0.2, 0) is 6.42 Å². The van der Waals surface area contributed by atoms with E-state index in [0.29, 0.717) is 48.1 Å². The number of fused-ring (bicyclic) bond motifs is 1. The monoisotopic (exact) mass is 495 g/mol. The molecular weight excluding hydrogens is 458 g/mol. The van der Waals surface area contributed by atoms with Crippen LogP contribution < -0.4 is 18.6 Å². The van der Waals surface area contributed by atoms with Crippen molar-refractivity contribution in [1.29, 1.82) is 0 Å². The van der Waals surface area contributed by atoms with E-state index in [1.54, 1.807) is 25.2 Å². The minimum atomic E-state index is -1.95. The molecule has 0 aliphatic carbocycles. The third kappa shape index (κ3) is 5.25. The van der Waals surface area contributed by atoms with Crippen molar-refractivity contribution in [2.24, 2.45) is 0 Å².